The summed E-state index contributed by atoms with van der Waals surface area (Å²) < 4.78 is 4.88. The summed E-state index contributed by atoms with van der Waals surface area (Å²) in [6.07, 6.45) is 0. The largest absolute Gasteiger partial charge is 0.468 e. The molecule has 2 unspecified atom stereocenters. The van der Waals surface area contributed by atoms with Crippen LogP contribution in [0.1, 0.15) is 23.4 Å². The standard InChI is InChI=1S/C14H16N2O3S2/c1-7-5-6-21-12(7)11-10(13(18)19-4)8(2)15-14(20)16(11)9(3)17/h5-6,10-11H,2H2,1,3-4H3,(H,15,20). The molecule has 5 nitrogen and oxygen atoms in total. The van der Waals surface area contributed by atoms with E-state index in [9.17, 15) is 9.59 Å². The van der Waals surface area contributed by atoms with Gasteiger partial charge in [0.15, 0.2) is 5.11 Å². The van der Waals surface area contributed by atoms with E-state index in [4.69, 9.17) is 17.0 Å². The van der Waals surface area contributed by atoms with Crippen molar-refractivity contribution in [3.8, 4) is 0 Å². The molecule has 7 heteroatoms. The number of ether oxygens (including phenoxy) is 1. The molecule has 0 radical (unpaired) electrons. The van der Waals surface area contributed by atoms with Gasteiger partial charge in [-0.15, -0.1) is 11.3 Å². The second-order valence-electron chi connectivity index (χ2n) is 4.76. The fourth-order valence-corrected chi connectivity index (χ4v) is 3.86. The highest BCUT2D eigenvalue weighted by Gasteiger charge is 2.45. The molecule has 2 heterocycles. The summed E-state index contributed by atoms with van der Waals surface area (Å²) in [6, 6.07) is 1.43. The van der Waals surface area contributed by atoms with Crippen molar-refractivity contribution in [3.63, 3.8) is 0 Å². The third-order valence-corrected chi connectivity index (χ3v) is 4.81. The number of carbonyl (C=O) groups is 2. The lowest BCUT2D eigenvalue weighted by Gasteiger charge is -2.41. The summed E-state index contributed by atoms with van der Waals surface area (Å²) in [7, 11) is 1.32. The first-order valence-corrected chi connectivity index (χ1v) is 7.58. The van der Waals surface area contributed by atoms with Crippen LogP contribution in [0.3, 0.4) is 0 Å². The molecule has 1 aliphatic rings. The predicted molar refractivity (Wildman–Crippen MR) is 84.7 cm³/mol. The minimum atomic E-state index is -0.692. The van der Waals surface area contributed by atoms with Crippen LogP contribution in [0, 0.1) is 12.8 Å². The summed E-state index contributed by atoms with van der Waals surface area (Å²) in [5.74, 6) is -1.37. The molecule has 1 saturated heterocycles. The molecule has 0 saturated carbocycles. The van der Waals surface area contributed by atoms with Crippen molar-refractivity contribution >= 4 is 40.5 Å². The van der Waals surface area contributed by atoms with Crippen molar-refractivity contribution in [1.29, 1.82) is 0 Å². The van der Waals surface area contributed by atoms with Gasteiger partial charge in [-0.1, -0.05) is 6.58 Å². The Morgan fingerprint density at radius 2 is 2.19 bits per heavy atom. The average molecular weight is 324 g/mol. The van der Waals surface area contributed by atoms with Gasteiger partial charge in [-0.25, -0.2) is 0 Å². The fourth-order valence-electron chi connectivity index (χ4n) is 2.43. The summed E-state index contributed by atoms with van der Waals surface area (Å²) in [5, 5.41) is 5.01. The van der Waals surface area contributed by atoms with Gasteiger partial charge in [-0.05, 0) is 36.2 Å². The Morgan fingerprint density at radius 1 is 1.52 bits per heavy atom. The van der Waals surface area contributed by atoms with E-state index < -0.39 is 17.9 Å². The van der Waals surface area contributed by atoms with Crippen LogP contribution in [0.5, 0.6) is 0 Å². The van der Waals surface area contributed by atoms with Crippen LogP contribution >= 0.6 is 23.6 Å². The monoisotopic (exact) mass is 324 g/mol. The van der Waals surface area contributed by atoms with Crippen LogP contribution in [-0.2, 0) is 14.3 Å². The van der Waals surface area contributed by atoms with Gasteiger partial charge in [0.25, 0.3) is 0 Å². The third kappa shape index (κ3) is 2.71. The molecule has 1 fully saturated rings. The first kappa shape index (κ1) is 15.7. The minimum absolute atomic E-state index is 0.230. The van der Waals surface area contributed by atoms with Crippen molar-refractivity contribution in [3.05, 3.63) is 34.2 Å². The van der Waals surface area contributed by atoms with Crippen molar-refractivity contribution < 1.29 is 14.3 Å². The Bertz CT molecular complexity index is 623. The maximum Gasteiger partial charge on any atom is 0.317 e. The minimum Gasteiger partial charge on any atom is -0.468 e. The van der Waals surface area contributed by atoms with Gasteiger partial charge in [0.1, 0.15) is 5.92 Å². The molecule has 0 bridgehead atoms. The lowest BCUT2D eigenvalue weighted by molar-refractivity contribution is -0.147. The number of thiophene rings is 1. The molecule has 1 aromatic heterocycles. The van der Waals surface area contributed by atoms with Crippen LogP contribution in [0.15, 0.2) is 23.7 Å². The fraction of sp³-hybridized carbons (Fsp3) is 0.357. The maximum absolute atomic E-state index is 12.2. The molecular formula is C14H16N2O3S2. The molecule has 2 atom stereocenters. The zero-order chi connectivity index (χ0) is 15.7. The molecule has 0 aliphatic carbocycles. The number of rotatable bonds is 2. The molecule has 1 aromatic rings. The first-order valence-electron chi connectivity index (χ1n) is 6.29. The summed E-state index contributed by atoms with van der Waals surface area (Å²) in [5.41, 5.74) is 1.45. The number of nitrogens with one attached hydrogen (secondary N) is 1. The summed E-state index contributed by atoms with van der Waals surface area (Å²) >= 11 is 6.72. The topological polar surface area (TPSA) is 58.6 Å². The van der Waals surface area contributed by atoms with Crippen LogP contribution in [-0.4, -0.2) is 29.0 Å². The summed E-state index contributed by atoms with van der Waals surface area (Å²) in [6.45, 7) is 7.23. The SMILES string of the molecule is C=C1NC(=S)N(C(C)=O)C(c2sccc2C)C1C(=O)OC. The van der Waals surface area contributed by atoms with E-state index in [1.807, 2.05) is 18.4 Å². The zero-order valence-corrected chi connectivity index (χ0v) is 13.6. The Balaban J connectivity index is 2.59. The number of esters is 1. The molecule has 1 aliphatic heterocycles. The van der Waals surface area contributed by atoms with E-state index >= 15 is 0 Å². The molecule has 112 valence electrons. The van der Waals surface area contributed by atoms with Gasteiger partial charge in [0.05, 0.1) is 13.2 Å². The lowest BCUT2D eigenvalue weighted by Crippen LogP contribution is -2.54. The van der Waals surface area contributed by atoms with E-state index in [2.05, 4.69) is 11.9 Å². The highest BCUT2D eigenvalue weighted by Crippen LogP contribution is 2.40. The van der Waals surface area contributed by atoms with Crippen molar-refractivity contribution in [2.24, 2.45) is 5.92 Å². The van der Waals surface area contributed by atoms with Crippen LogP contribution in [0.2, 0.25) is 0 Å². The number of hydrogen-bond donors (Lipinski definition) is 1. The predicted octanol–water partition coefficient (Wildman–Crippen LogP) is 2.14. The van der Waals surface area contributed by atoms with E-state index in [1.54, 1.807) is 0 Å². The van der Waals surface area contributed by atoms with E-state index in [0.29, 0.717) is 5.70 Å². The smallest absolute Gasteiger partial charge is 0.317 e. The van der Waals surface area contributed by atoms with Gasteiger partial charge in [-0.2, -0.15) is 0 Å². The van der Waals surface area contributed by atoms with Gasteiger partial charge >= 0.3 is 5.97 Å². The van der Waals surface area contributed by atoms with Gasteiger partial charge in [-0.3, -0.25) is 14.5 Å². The Labute approximate surface area is 132 Å². The number of amides is 1. The molecule has 1 amide bonds. The Kier molecular flexibility index (Phi) is 4.43. The van der Waals surface area contributed by atoms with E-state index in [0.717, 1.165) is 10.4 Å². The van der Waals surface area contributed by atoms with Crippen molar-refractivity contribution in [2.45, 2.75) is 19.9 Å². The molecule has 0 spiro atoms. The number of aryl methyl sites for hydroxylation is 1. The van der Waals surface area contributed by atoms with Crippen LogP contribution in [0.4, 0.5) is 0 Å². The van der Waals surface area contributed by atoms with Crippen LogP contribution < -0.4 is 5.32 Å². The van der Waals surface area contributed by atoms with Crippen molar-refractivity contribution in [2.75, 3.05) is 7.11 Å². The maximum atomic E-state index is 12.2. The molecule has 21 heavy (non-hydrogen) atoms. The lowest BCUT2D eigenvalue weighted by atomic mass is 9.90. The first-order chi connectivity index (χ1) is 9.88. The van der Waals surface area contributed by atoms with Gasteiger partial charge in [0, 0.05) is 17.5 Å². The third-order valence-electron chi connectivity index (χ3n) is 3.42. The second-order valence-corrected chi connectivity index (χ2v) is 6.09. The van der Waals surface area contributed by atoms with Gasteiger partial charge in [0.2, 0.25) is 5.91 Å². The number of hydrogen-bond acceptors (Lipinski definition) is 5. The number of thiocarbonyl (C=S) groups is 1. The van der Waals surface area contributed by atoms with Crippen molar-refractivity contribution in [1.82, 2.24) is 10.2 Å². The normalized spacial score (nSPS) is 22.0. The number of methoxy groups -OCH3 is 1. The molecule has 1 N–H and O–H groups in total. The highest BCUT2D eigenvalue weighted by atomic mass is 32.1. The van der Waals surface area contributed by atoms with Gasteiger partial charge < -0.3 is 10.1 Å². The zero-order valence-electron chi connectivity index (χ0n) is 12.0. The quantitative estimate of drug-likeness (QED) is 0.667. The number of nitrogens with zero attached hydrogens (tertiary/aromatic N) is 1. The number of carbonyl (C=O) groups excluding carboxylic acids is 2. The average Bonchev–Trinajstić information content (AvgIpc) is 2.82. The molecular weight excluding hydrogens is 308 g/mol. The van der Waals surface area contributed by atoms with E-state index in [1.165, 1.54) is 30.3 Å². The van der Waals surface area contributed by atoms with Crippen LogP contribution in [0.25, 0.3) is 0 Å². The Hall–Kier alpha value is -1.73. The highest BCUT2D eigenvalue weighted by molar-refractivity contribution is 7.80. The molecule has 0 aromatic carbocycles. The second kappa shape index (κ2) is 5.95. The molecule has 2 rings (SSSR count). The van der Waals surface area contributed by atoms with E-state index in [-0.39, 0.29) is 11.0 Å². The Morgan fingerprint density at radius 3 is 2.67 bits per heavy atom. The summed E-state index contributed by atoms with van der Waals surface area (Å²) in [4.78, 5) is 26.5.